The lowest BCUT2D eigenvalue weighted by molar-refractivity contribution is 0.610. The molecule has 1 aromatic carbocycles. The van der Waals surface area contributed by atoms with Gasteiger partial charge in [0.25, 0.3) is 0 Å². The fraction of sp³-hybridized carbons (Fsp3) is 0.176. The average molecular weight is 324 g/mol. The normalized spacial score (nSPS) is 10.4. The zero-order valence-corrected chi connectivity index (χ0v) is 13.0. The monoisotopic (exact) mass is 324 g/mol. The summed E-state index contributed by atoms with van der Waals surface area (Å²) >= 11 is 0. The van der Waals surface area contributed by atoms with Crippen molar-refractivity contribution in [2.45, 2.75) is 13.0 Å². The zero-order valence-electron chi connectivity index (χ0n) is 13.0. The molecular formula is C17H17FN6. The van der Waals surface area contributed by atoms with E-state index in [-0.39, 0.29) is 5.82 Å². The predicted octanol–water partition coefficient (Wildman–Crippen LogP) is 2.67. The van der Waals surface area contributed by atoms with Gasteiger partial charge in [0.05, 0.1) is 6.20 Å². The maximum atomic E-state index is 13.6. The number of rotatable bonds is 7. The molecule has 7 heteroatoms. The van der Waals surface area contributed by atoms with Crippen LogP contribution in [0.15, 0.2) is 55.0 Å². The second-order valence-corrected chi connectivity index (χ2v) is 5.15. The van der Waals surface area contributed by atoms with Crippen molar-refractivity contribution in [3.05, 3.63) is 71.9 Å². The molecule has 24 heavy (non-hydrogen) atoms. The van der Waals surface area contributed by atoms with Gasteiger partial charge >= 0.3 is 0 Å². The third-order valence-electron chi connectivity index (χ3n) is 3.39. The number of benzene rings is 1. The molecule has 0 aliphatic heterocycles. The summed E-state index contributed by atoms with van der Waals surface area (Å²) in [6.45, 7) is 1.12. The van der Waals surface area contributed by atoms with Crippen molar-refractivity contribution in [1.82, 2.24) is 20.2 Å². The van der Waals surface area contributed by atoms with Gasteiger partial charge in [0.2, 0.25) is 5.95 Å². The number of halogens is 1. The summed E-state index contributed by atoms with van der Waals surface area (Å²) in [6.07, 6.45) is 5.60. The van der Waals surface area contributed by atoms with E-state index in [4.69, 9.17) is 0 Å². The van der Waals surface area contributed by atoms with E-state index in [1.54, 1.807) is 24.5 Å². The molecule has 0 unspecified atom stereocenters. The van der Waals surface area contributed by atoms with Gasteiger partial charge in [0.1, 0.15) is 5.82 Å². The molecule has 0 amide bonds. The van der Waals surface area contributed by atoms with Gasteiger partial charge in [-0.1, -0.05) is 24.3 Å². The Morgan fingerprint density at radius 2 is 1.92 bits per heavy atom. The van der Waals surface area contributed by atoms with Gasteiger partial charge in [-0.2, -0.15) is 10.1 Å². The third-order valence-corrected chi connectivity index (χ3v) is 3.39. The van der Waals surface area contributed by atoms with Crippen molar-refractivity contribution in [2.24, 2.45) is 0 Å². The predicted molar refractivity (Wildman–Crippen MR) is 90.0 cm³/mol. The minimum Gasteiger partial charge on any atom is -0.368 e. The molecule has 0 radical (unpaired) electrons. The van der Waals surface area contributed by atoms with Crippen LogP contribution in [-0.4, -0.2) is 26.7 Å². The third kappa shape index (κ3) is 4.45. The summed E-state index contributed by atoms with van der Waals surface area (Å²) in [4.78, 5) is 8.38. The van der Waals surface area contributed by atoms with E-state index in [0.717, 1.165) is 5.56 Å². The van der Waals surface area contributed by atoms with Crippen LogP contribution in [-0.2, 0) is 13.0 Å². The summed E-state index contributed by atoms with van der Waals surface area (Å²) in [6, 6.07) is 10.6. The molecule has 0 saturated heterocycles. The van der Waals surface area contributed by atoms with Gasteiger partial charge in [0.15, 0.2) is 5.82 Å². The Balaban J connectivity index is 1.52. The Morgan fingerprint density at radius 3 is 2.75 bits per heavy atom. The van der Waals surface area contributed by atoms with Crippen molar-refractivity contribution in [3.8, 4) is 0 Å². The first kappa shape index (κ1) is 15.8. The lowest BCUT2D eigenvalue weighted by Gasteiger charge is -2.08. The second kappa shape index (κ2) is 7.96. The molecule has 0 fully saturated rings. The Morgan fingerprint density at radius 1 is 1.00 bits per heavy atom. The fourth-order valence-electron chi connectivity index (χ4n) is 2.17. The molecular weight excluding hydrogens is 307 g/mol. The van der Waals surface area contributed by atoms with E-state index in [1.165, 1.54) is 12.3 Å². The van der Waals surface area contributed by atoms with Crippen LogP contribution >= 0.6 is 0 Å². The molecule has 0 atom stereocenters. The minimum atomic E-state index is -0.195. The van der Waals surface area contributed by atoms with Crippen LogP contribution in [0.1, 0.15) is 11.1 Å². The SMILES string of the molecule is Fc1ccccc1CCNc1cnnc(NCc2cccnc2)n1. The first-order valence-electron chi connectivity index (χ1n) is 7.61. The Kier molecular flexibility index (Phi) is 5.24. The van der Waals surface area contributed by atoms with E-state index >= 15 is 0 Å². The molecule has 3 aromatic rings. The number of aromatic nitrogens is 4. The maximum Gasteiger partial charge on any atom is 0.244 e. The summed E-state index contributed by atoms with van der Waals surface area (Å²) < 4.78 is 13.6. The Hall–Kier alpha value is -3.09. The van der Waals surface area contributed by atoms with E-state index in [0.29, 0.717) is 36.8 Å². The van der Waals surface area contributed by atoms with Gasteiger partial charge in [-0.05, 0) is 29.7 Å². The molecule has 0 aliphatic rings. The lowest BCUT2D eigenvalue weighted by Crippen LogP contribution is -2.10. The van der Waals surface area contributed by atoms with Crippen molar-refractivity contribution in [1.29, 1.82) is 0 Å². The number of pyridine rings is 1. The highest BCUT2D eigenvalue weighted by molar-refractivity contribution is 5.37. The lowest BCUT2D eigenvalue weighted by atomic mass is 10.1. The molecule has 2 N–H and O–H groups in total. The van der Waals surface area contributed by atoms with Crippen LogP contribution in [0.3, 0.4) is 0 Å². The van der Waals surface area contributed by atoms with Gasteiger partial charge in [-0.25, -0.2) is 4.39 Å². The number of nitrogens with zero attached hydrogens (tertiary/aromatic N) is 4. The van der Waals surface area contributed by atoms with Crippen LogP contribution in [0.5, 0.6) is 0 Å². The van der Waals surface area contributed by atoms with Crippen LogP contribution < -0.4 is 10.6 Å². The number of nitrogens with one attached hydrogen (secondary N) is 2. The summed E-state index contributed by atoms with van der Waals surface area (Å²) in [5.41, 5.74) is 1.70. The van der Waals surface area contributed by atoms with E-state index < -0.39 is 0 Å². The standard InChI is InChI=1S/C17H17FN6/c18-15-6-2-1-5-14(15)7-9-20-16-12-22-24-17(23-16)21-11-13-4-3-8-19-10-13/h1-6,8,10,12H,7,9,11H2,(H2,20,21,23,24). The highest BCUT2D eigenvalue weighted by Gasteiger charge is 2.03. The van der Waals surface area contributed by atoms with Crippen LogP contribution in [0.2, 0.25) is 0 Å². The van der Waals surface area contributed by atoms with E-state index in [1.807, 2.05) is 18.2 Å². The Labute approximate surface area is 139 Å². The quantitative estimate of drug-likeness (QED) is 0.696. The largest absolute Gasteiger partial charge is 0.368 e. The number of anilines is 2. The minimum absolute atomic E-state index is 0.195. The molecule has 0 bridgehead atoms. The maximum absolute atomic E-state index is 13.6. The summed E-state index contributed by atoms with van der Waals surface area (Å²) in [5.74, 6) is 0.823. The fourth-order valence-corrected chi connectivity index (χ4v) is 2.17. The van der Waals surface area contributed by atoms with E-state index in [2.05, 4.69) is 30.8 Å². The van der Waals surface area contributed by atoms with Crippen LogP contribution in [0.25, 0.3) is 0 Å². The van der Waals surface area contributed by atoms with E-state index in [9.17, 15) is 4.39 Å². The molecule has 0 aliphatic carbocycles. The van der Waals surface area contributed by atoms with Crippen molar-refractivity contribution in [2.75, 3.05) is 17.2 Å². The first-order chi connectivity index (χ1) is 11.8. The summed E-state index contributed by atoms with van der Waals surface area (Å²) in [7, 11) is 0. The van der Waals surface area contributed by atoms with Gasteiger partial charge in [-0.15, -0.1) is 5.10 Å². The molecule has 2 heterocycles. The molecule has 0 spiro atoms. The summed E-state index contributed by atoms with van der Waals surface area (Å²) in [5, 5.41) is 14.1. The van der Waals surface area contributed by atoms with Crippen molar-refractivity contribution < 1.29 is 4.39 Å². The van der Waals surface area contributed by atoms with Gasteiger partial charge < -0.3 is 10.6 Å². The van der Waals surface area contributed by atoms with Crippen LogP contribution in [0.4, 0.5) is 16.2 Å². The van der Waals surface area contributed by atoms with Crippen molar-refractivity contribution in [3.63, 3.8) is 0 Å². The van der Waals surface area contributed by atoms with Gasteiger partial charge in [-0.3, -0.25) is 4.98 Å². The highest BCUT2D eigenvalue weighted by atomic mass is 19.1. The van der Waals surface area contributed by atoms with Crippen LogP contribution in [0, 0.1) is 5.82 Å². The molecule has 122 valence electrons. The molecule has 6 nitrogen and oxygen atoms in total. The highest BCUT2D eigenvalue weighted by Crippen LogP contribution is 2.09. The average Bonchev–Trinajstić information content (AvgIpc) is 2.63. The van der Waals surface area contributed by atoms with Gasteiger partial charge in [0, 0.05) is 25.5 Å². The molecule has 2 aromatic heterocycles. The topological polar surface area (TPSA) is 75.6 Å². The van der Waals surface area contributed by atoms with Crippen molar-refractivity contribution >= 4 is 11.8 Å². The first-order valence-corrected chi connectivity index (χ1v) is 7.61. The zero-order chi connectivity index (χ0) is 16.6. The number of hydrogen-bond donors (Lipinski definition) is 2. The molecule has 3 rings (SSSR count). The molecule has 0 saturated carbocycles. The Bertz CT molecular complexity index is 781. The second-order valence-electron chi connectivity index (χ2n) is 5.15. The smallest absolute Gasteiger partial charge is 0.244 e. The number of hydrogen-bond acceptors (Lipinski definition) is 6.